The summed E-state index contributed by atoms with van der Waals surface area (Å²) < 4.78 is 15.0. The van der Waals surface area contributed by atoms with E-state index in [1.54, 1.807) is 6.20 Å². The molecule has 0 radical (unpaired) electrons. The zero-order valence-electron chi connectivity index (χ0n) is 17.9. The summed E-state index contributed by atoms with van der Waals surface area (Å²) in [5.74, 6) is -0.411. The number of rotatable bonds is 7. The van der Waals surface area contributed by atoms with Crippen LogP contribution in [0.25, 0.3) is 0 Å². The quantitative estimate of drug-likeness (QED) is 0.404. The standard InChI is InChI=1S/C22H30FN7/c1-4-18-14-29(13-17-6-5-7-26-28-17)8-9-30(18)20-12-16(10-15(2)3)11-19(23)21(20)22(24)27-25/h5-7,11-12,15,18,24-25H,4,8-10,13-14H2,1-3H3. The monoisotopic (exact) mass is 411 g/mol. The number of nitrogens with zero attached hydrogens (tertiary/aromatic N) is 5. The fourth-order valence-electron chi connectivity index (χ4n) is 4.13. The van der Waals surface area contributed by atoms with Crippen LogP contribution in [0, 0.1) is 22.7 Å². The number of hydrogen-bond donors (Lipinski definition) is 2. The van der Waals surface area contributed by atoms with Crippen LogP contribution < -0.4 is 4.90 Å². The highest BCUT2D eigenvalue weighted by atomic mass is 19.1. The molecule has 1 fully saturated rings. The molecule has 160 valence electrons. The van der Waals surface area contributed by atoms with Gasteiger partial charge in [0.15, 0.2) is 5.84 Å². The molecular formula is C22H30FN7. The van der Waals surface area contributed by atoms with Crippen molar-refractivity contribution >= 4 is 11.5 Å². The number of anilines is 1. The van der Waals surface area contributed by atoms with Crippen molar-refractivity contribution in [2.45, 2.75) is 46.2 Å². The Labute approximate surface area is 177 Å². The maximum absolute atomic E-state index is 15.0. The minimum Gasteiger partial charge on any atom is -0.365 e. The van der Waals surface area contributed by atoms with Gasteiger partial charge in [-0.25, -0.2) is 9.92 Å². The van der Waals surface area contributed by atoms with E-state index in [-0.39, 0.29) is 17.4 Å². The Morgan fingerprint density at radius 2 is 2.13 bits per heavy atom. The molecule has 7 nitrogen and oxygen atoms in total. The fourth-order valence-corrected chi connectivity index (χ4v) is 4.13. The molecule has 1 atom stereocenters. The van der Waals surface area contributed by atoms with Crippen LogP contribution in [0.15, 0.2) is 35.6 Å². The van der Waals surface area contributed by atoms with Crippen molar-refractivity contribution in [1.29, 1.82) is 10.9 Å². The van der Waals surface area contributed by atoms with E-state index in [4.69, 9.17) is 10.9 Å². The molecule has 1 saturated heterocycles. The summed E-state index contributed by atoms with van der Waals surface area (Å²) in [5, 5.41) is 19.4. The third-order valence-electron chi connectivity index (χ3n) is 5.48. The molecule has 3 rings (SSSR count). The van der Waals surface area contributed by atoms with E-state index in [0.717, 1.165) is 43.7 Å². The Balaban J connectivity index is 1.90. The van der Waals surface area contributed by atoms with Crippen LogP contribution in [-0.4, -0.2) is 46.6 Å². The second kappa shape index (κ2) is 9.84. The maximum Gasteiger partial charge on any atom is 0.178 e. The van der Waals surface area contributed by atoms with Gasteiger partial charge in [0.2, 0.25) is 0 Å². The number of aromatic nitrogens is 2. The van der Waals surface area contributed by atoms with Crippen molar-refractivity contribution in [2.75, 3.05) is 24.5 Å². The molecule has 30 heavy (non-hydrogen) atoms. The van der Waals surface area contributed by atoms with Crippen molar-refractivity contribution in [3.05, 3.63) is 53.1 Å². The maximum atomic E-state index is 15.0. The predicted octanol–water partition coefficient (Wildman–Crippen LogP) is 4.27. The number of benzene rings is 1. The topological polar surface area (TPSA) is 92.3 Å². The SMILES string of the molecule is CCC1CN(Cc2cccnn2)CCN1c1cc(CC(C)C)cc(F)c1C(=N)N=N. The minimum atomic E-state index is -0.471. The second-order valence-corrected chi connectivity index (χ2v) is 8.24. The van der Waals surface area contributed by atoms with Gasteiger partial charge in [-0.1, -0.05) is 20.8 Å². The average molecular weight is 412 g/mol. The van der Waals surface area contributed by atoms with Crippen molar-refractivity contribution in [1.82, 2.24) is 15.1 Å². The van der Waals surface area contributed by atoms with Gasteiger partial charge in [-0.05, 0) is 48.6 Å². The van der Waals surface area contributed by atoms with Gasteiger partial charge < -0.3 is 4.90 Å². The van der Waals surface area contributed by atoms with E-state index in [2.05, 4.69) is 45.9 Å². The summed E-state index contributed by atoms with van der Waals surface area (Å²) >= 11 is 0. The van der Waals surface area contributed by atoms with Crippen molar-refractivity contribution in [2.24, 2.45) is 11.0 Å². The van der Waals surface area contributed by atoms with E-state index in [0.29, 0.717) is 18.2 Å². The predicted molar refractivity (Wildman–Crippen MR) is 116 cm³/mol. The van der Waals surface area contributed by atoms with Gasteiger partial charge in [-0.2, -0.15) is 10.2 Å². The number of hydrogen-bond acceptors (Lipinski definition) is 6. The number of piperazine rings is 1. The lowest BCUT2D eigenvalue weighted by molar-refractivity contribution is 0.209. The second-order valence-electron chi connectivity index (χ2n) is 8.24. The Hall–Kier alpha value is -2.74. The largest absolute Gasteiger partial charge is 0.365 e. The highest BCUT2D eigenvalue weighted by Crippen LogP contribution is 2.31. The third-order valence-corrected chi connectivity index (χ3v) is 5.48. The molecular weight excluding hydrogens is 381 g/mol. The summed E-state index contributed by atoms with van der Waals surface area (Å²) in [6.45, 7) is 9.38. The van der Waals surface area contributed by atoms with Crippen LogP contribution in [0.4, 0.5) is 10.1 Å². The Morgan fingerprint density at radius 1 is 1.33 bits per heavy atom. The van der Waals surface area contributed by atoms with Gasteiger partial charge in [0.25, 0.3) is 0 Å². The molecule has 1 aromatic carbocycles. The van der Waals surface area contributed by atoms with E-state index >= 15 is 4.39 Å². The van der Waals surface area contributed by atoms with Gasteiger partial charge in [0.05, 0.1) is 16.9 Å². The molecule has 2 heterocycles. The lowest BCUT2D eigenvalue weighted by Crippen LogP contribution is -2.53. The molecule has 0 bridgehead atoms. The van der Waals surface area contributed by atoms with E-state index < -0.39 is 5.82 Å². The van der Waals surface area contributed by atoms with Gasteiger partial charge in [0, 0.05) is 38.4 Å². The number of amidine groups is 1. The van der Waals surface area contributed by atoms with Crippen molar-refractivity contribution in [3.8, 4) is 0 Å². The Morgan fingerprint density at radius 3 is 2.77 bits per heavy atom. The summed E-state index contributed by atoms with van der Waals surface area (Å²) in [7, 11) is 0. The van der Waals surface area contributed by atoms with Gasteiger partial charge in [-0.15, -0.1) is 5.11 Å². The molecule has 1 aliphatic heterocycles. The zero-order chi connectivity index (χ0) is 21.7. The van der Waals surface area contributed by atoms with E-state index in [1.807, 2.05) is 18.2 Å². The van der Waals surface area contributed by atoms with E-state index in [9.17, 15) is 0 Å². The van der Waals surface area contributed by atoms with Crippen LogP contribution in [0.3, 0.4) is 0 Å². The van der Waals surface area contributed by atoms with Crippen LogP contribution >= 0.6 is 0 Å². The van der Waals surface area contributed by atoms with Gasteiger partial charge in [-0.3, -0.25) is 10.3 Å². The lowest BCUT2D eigenvalue weighted by atomic mass is 9.97. The van der Waals surface area contributed by atoms with Crippen LogP contribution in [0.1, 0.15) is 44.0 Å². The molecule has 2 aromatic rings. The first-order chi connectivity index (χ1) is 14.4. The normalized spacial score (nSPS) is 17.4. The third kappa shape index (κ3) is 5.05. The van der Waals surface area contributed by atoms with Crippen LogP contribution in [0.5, 0.6) is 0 Å². The zero-order valence-corrected chi connectivity index (χ0v) is 17.9. The van der Waals surface area contributed by atoms with Gasteiger partial charge in [0.1, 0.15) is 5.82 Å². The summed E-state index contributed by atoms with van der Waals surface area (Å²) in [6.07, 6.45) is 3.32. The van der Waals surface area contributed by atoms with Crippen molar-refractivity contribution in [3.63, 3.8) is 0 Å². The smallest absolute Gasteiger partial charge is 0.178 e. The molecule has 2 N–H and O–H groups in total. The molecule has 1 aromatic heterocycles. The Bertz CT molecular complexity index is 885. The molecule has 0 spiro atoms. The van der Waals surface area contributed by atoms with E-state index in [1.165, 1.54) is 6.07 Å². The lowest BCUT2D eigenvalue weighted by Gasteiger charge is -2.43. The summed E-state index contributed by atoms with van der Waals surface area (Å²) in [4.78, 5) is 4.53. The number of nitrogens with one attached hydrogen (secondary N) is 2. The molecule has 1 aliphatic rings. The highest BCUT2D eigenvalue weighted by Gasteiger charge is 2.30. The molecule has 0 aliphatic carbocycles. The molecule has 8 heteroatoms. The first kappa shape index (κ1) is 22.0. The first-order valence-corrected chi connectivity index (χ1v) is 10.5. The van der Waals surface area contributed by atoms with Crippen molar-refractivity contribution < 1.29 is 4.39 Å². The summed E-state index contributed by atoms with van der Waals surface area (Å²) in [5.41, 5.74) is 9.91. The van der Waals surface area contributed by atoms with Crippen LogP contribution in [-0.2, 0) is 13.0 Å². The summed E-state index contributed by atoms with van der Waals surface area (Å²) in [6, 6.07) is 7.51. The molecule has 0 amide bonds. The average Bonchev–Trinajstić information content (AvgIpc) is 2.73. The first-order valence-electron chi connectivity index (χ1n) is 10.5. The Kier molecular flexibility index (Phi) is 7.20. The van der Waals surface area contributed by atoms with Crippen LogP contribution in [0.2, 0.25) is 0 Å². The molecule has 1 unspecified atom stereocenters. The number of halogens is 1. The van der Waals surface area contributed by atoms with Gasteiger partial charge >= 0.3 is 0 Å². The molecule has 0 saturated carbocycles. The fraction of sp³-hybridized carbons (Fsp3) is 0.500. The highest BCUT2D eigenvalue weighted by molar-refractivity contribution is 6.02. The minimum absolute atomic E-state index is 0.123.